The van der Waals surface area contributed by atoms with Crippen molar-refractivity contribution >= 4 is 51.6 Å². The molecule has 2 atom stereocenters. The molecule has 0 bridgehead atoms. The molecule has 5 aromatic carbocycles. The largest absolute Gasteiger partial charge is 0.507 e. The summed E-state index contributed by atoms with van der Waals surface area (Å²) in [6, 6.07) is 34.5. The number of anilines is 3. The van der Waals surface area contributed by atoms with Crippen LogP contribution in [0.15, 0.2) is 132 Å². The highest BCUT2D eigenvalue weighted by atomic mass is 32.2. The van der Waals surface area contributed by atoms with Gasteiger partial charge < -0.3 is 25.6 Å². The van der Waals surface area contributed by atoms with Crippen LogP contribution in [0.4, 0.5) is 21.9 Å². The lowest BCUT2D eigenvalue weighted by atomic mass is 9.94. The number of amides is 2. The quantitative estimate of drug-likeness (QED) is 0.0617. The first-order valence-corrected chi connectivity index (χ1v) is 16.0. The van der Waals surface area contributed by atoms with Crippen molar-refractivity contribution in [1.29, 1.82) is 0 Å². The number of thioether (sulfide) groups is 1. The number of carbonyl (C=O) groups excluding carboxylic acids is 2. The molecule has 0 aromatic heterocycles. The Morgan fingerprint density at radius 3 is 2.28 bits per heavy atom. The number of ether oxygens (including phenoxy) is 2. The SMILES string of the molecule is CSc1ccc(NC(=O)O[C@H](c2ccc(O)c3ccccc23)[C@@H](CC/C=C/C(=O)Nc2ccccc2N)Oc2ccccc2)cc1. The van der Waals surface area contributed by atoms with Gasteiger partial charge in [0.15, 0.2) is 6.10 Å². The molecule has 5 N–H and O–H groups in total. The number of benzene rings is 5. The number of para-hydroxylation sites is 3. The van der Waals surface area contributed by atoms with Crippen molar-refractivity contribution in [1.82, 2.24) is 0 Å². The summed E-state index contributed by atoms with van der Waals surface area (Å²) in [5.74, 6) is 0.395. The van der Waals surface area contributed by atoms with E-state index < -0.39 is 18.3 Å². The third-order valence-electron chi connectivity index (χ3n) is 7.29. The van der Waals surface area contributed by atoms with Gasteiger partial charge in [-0.2, -0.15) is 0 Å². The maximum absolute atomic E-state index is 13.4. The van der Waals surface area contributed by atoms with E-state index in [1.54, 1.807) is 54.2 Å². The van der Waals surface area contributed by atoms with E-state index in [0.29, 0.717) is 46.6 Å². The minimum absolute atomic E-state index is 0.116. The summed E-state index contributed by atoms with van der Waals surface area (Å²) in [5, 5.41) is 17.6. The molecular formula is C37H35N3O5S. The predicted molar refractivity (Wildman–Crippen MR) is 185 cm³/mol. The Hall–Kier alpha value is -5.41. The number of nitrogens with one attached hydrogen (secondary N) is 2. The van der Waals surface area contributed by atoms with Gasteiger partial charge in [0.1, 0.15) is 17.6 Å². The summed E-state index contributed by atoms with van der Waals surface area (Å²) < 4.78 is 12.7. The van der Waals surface area contributed by atoms with Crippen LogP contribution in [0.1, 0.15) is 24.5 Å². The molecule has 5 aromatic rings. The number of nitrogen functional groups attached to an aromatic ring is 1. The average Bonchev–Trinajstić information content (AvgIpc) is 3.07. The Kier molecular flexibility index (Phi) is 10.8. The standard InChI is InChI=1S/C37H35N3O5S/c1-46-27-21-19-25(20-22-27)39-37(43)45-36(30-23-24-33(41)29-14-6-5-13-28(29)30)34(44-26-11-3-2-4-12-26)17-9-10-18-35(42)40-32-16-8-7-15-31(32)38/h2-8,10-16,18-24,34,36,41H,9,17,38H2,1H3,(H,39,43)(H,40,42)/b18-10+/t34-,36-/m1/s1. The number of phenolic OH excluding ortho intramolecular Hbond substituents is 1. The first kappa shape index (κ1) is 32.0. The van der Waals surface area contributed by atoms with Gasteiger partial charge in [-0.3, -0.25) is 10.1 Å². The summed E-state index contributed by atoms with van der Waals surface area (Å²) in [6.07, 6.45) is 3.79. The second kappa shape index (κ2) is 15.5. The second-order valence-electron chi connectivity index (χ2n) is 10.4. The number of hydrogen-bond acceptors (Lipinski definition) is 7. The minimum atomic E-state index is -0.887. The lowest BCUT2D eigenvalue weighted by Crippen LogP contribution is -2.31. The monoisotopic (exact) mass is 633 g/mol. The molecular weight excluding hydrogens is 598 g/mol. The number of carbonyl (C=O) groups is 2. The summed E-state index contributed by atoms with van der Waals surface area (Å²) in [5.41, 5.74) is 8.22. The van der Waals surface area contributed by atoms with E-state index >= 15 is 0 Å². The Labute approximate surface area is 272 Å². The Morgan fingerprint density at radius 1 is 0.848 bits per heavy atom. The number of nitrogens with two attached hydrogens (primary N) is 1. The van der Waals surface area contributed by atoms with E-state index in [2.05, 4.69) is 10.6 Å². The van der Waals surface area contributed by atoms with Crippen molar-refractivity contribution in [2.45, 2.75) is 29.9 Å². The maximum atomic E-state index is 13.4. The van der Waals surface area contributed by atoms with E-state index in [0.717, 1.165) is 10.3 Å². The molecule has 0 aliphatic heterocycles. The third-order valence-corrected chi connectivity index (χ3v) is 8.03. The van der Waals surface area contributed by atoms with Gasteiger partial charge in [-0.1, -0.05) is 66.7 Å². The van der Waals surface area contributed by atoms with E-state index in [9.17, 15) is 14.7 Å². The van der Waals surface area contributed by atoms with Crippen molar-refractivity contribution in [2.75, 3.05) is 22.6 Å². The molecule has 9 heteroatoms. The molecule has 0 heterocycles. The number of rotatable bonds is 12. The highest BCUT2D eigenvalue weighted by Crippen LogP contribution is 2.36. The fraction of sp³-hybridized carbons (Fsp3) is 0.135. The zero-order valence-electron chi connectivity index (χ0n) is 25.3. The molecule has 234 valence electrons. The van der Waals surface area contributed by atoms with Crippen LogP contribution in [0.25, 0.3) is 10.8 Å². The summed E-state index contributed by atoms with van der Waals surface area (Å²) in [4.78, 5) is 27.1. The average molecular weight is 634 g/mol. The molecule has 2 amide bonds. The van der Waals surface area contributed by atoms with E-state index in [1.165, 1.54) is 6.08 Å². The highest BCUT2D eigenvalue weighted by molar-refractivity contribution is 7.98. The van der Waals surface area contributed by atoms with Gasteiger partial charge in [0.25, 0.3) is 0 Å². The van der Waals surface area contributed by atoms with Crippen LogP contribution in [-0.4, -0.2) is 29.5 Å². The van der Waals surface area contributed by atoms with Crippen LogP contribution in [-0.2, 0) is 9.53 Å². The summed E-state index contributed by atoms with van der Waals surface area (Å²) >= 11 is 1.61. The van der Waals surface area contributed by atoms with Gasteiger partial charge in [-0.05, 0) is 85.2 Å². The lowest BCUT2D eigenvalue weighted by molar-refractivity contribution is -0.111. The van der Waals surface area contributed by atoms with Crippen molar-refractivity contribution < 1.29 is 24.2 Å². The number of phenols is 1. The number of hydrogen-bond donors (Lipinski definition) is 4. The van der Waals surface area contributed by atoms with Crippen molar-refractivity contribution in [3.63, 3.8) is 0 Å². The number of fused-ring (bicyclic) bond motifs is 1. The summed E-state index contributed by atoms with van der Waals surface area (Å²) in [6.45, 7) is 0. The van der Waals surface area contributed by atoms with Crippen LogP contribution < -0.4 is 21.1 Å². The van der Waals surface area contributed by atoms with Gasteiger partial charge in [-0.25, -0.2) is 4.79 Å². The van der Waals surface area contributed by atoms with Crippen molar-refractivity contribution in [3.05, 3.63) is 133 Å². The van der Waals surface area contributed by atoms with E-state index in [1.807, 2.05) is 85.1 Å². The summed E-state index contributed by atoms with van der Waals surface area (Å²) in [7, 11) is 0. The topological polar surface area (TPSA) is 123 Å². The Morgan fingerprint density at radius 2 is 1.54 bits per heavy atom. The van der Waals surface area contributed by atoms with Crippen molar-refractivity contribution in [2.24, 2.45) is 0 Å². The Balaban J connectivity index is 1.43. The first-order valence-electron chi connectivity index (χ1n) is 14.8. The molecule has 0 spiro atoms. The van der Waals surface area contributed by atoms with Crippen LogP contribution in [0, 0.1) is 0 Å². The van der Waals surface area contributed by atoms with Crippen molar-refractivity contribution in [3.8, 4) is 11.5 Å². The predicted octanol–water partition coefficient (Wildman–Crippen LogP) is 8.56. The minimum Gasteiger partial charge on any atom is -0.507 e. The number of aromatic hydroxyl groups is 1. The molecule has 46 heavy (non-hydrogen) atoms. The molecule has 0 aliphatic carbocycles. The molecule has 5 rings (SSSR count). The first-order chi connectivity index (χ1) is 22.4. The molecule has 0 unspecified atom stereocenters. The maximum Gasteiger partial charge on any atom is 0.412 e. The molecule has 0 radical (unpaired) electrons. The lowest BCUT2D eigenvalue weighted by Gasteiger charge is -2.29. The second-order valence-corrected chi connectivity index (χ2v) is 11.3. The zero-order chi connectivity index (χ0) is 32.3. The van der Waals surface area contributed by atoms with E-state index in [4.69, 9.17) is 15.2 Å². The fourth-order valence-corrected chi connectivity index (χ4v) is 5.42. The molecule has 0 saturated heterocycles. The zero-order valence-corrected chi connectivity index (χ0v) is 26.1. The Bertz CT molecular complexity index is 1810. The van der Waals surface area contributed by atoms with E-state index in [-0.39, 0.29) is 11.7 Å². The van der Waals surface area contributed by atoms with Gasteiger partial charge >= 0.3 is 6.09 Å². The van der Waals surface area contributed by atoms with Gasteiger partial charge in [0.05, 0.1) is 11.4 Å². The molecule has 8 nitrogen and oxygen atoms in total. The fourth-order valence-electron chi connectivity index (χ4n) is 5.01. The molecule has 0 saturated carbocycles. The van der Waals surface area contributed by atoms with Crippen LogP contribution in [0.3, 0.4) is 0 Å². The normalized spacial score (nSPS) is 12.4. The van der Waals surface area contributed by atoms with Crippen LogP contribution in [0.2, 0.25) is 0 Å². The molecule has 0 fully saturated rings. The van der Waals surface area contributed by atoms with Gasteiger partial charge in [0, 0.05) is 21.5 Å². The van der Waals surface area contributed by atoms with Crippen LogP contribution in [0.5, 0.6) is 11.5 Å². The van der Waals surface area contributed by atoms with Gasteiger partial charge in [0.2, 0.25) is 5.91 Å². The molecule has 0 aliphatic rings. The van der Waals surface area contributed by atoms with Gasteiger partial charge in [-0.15, -0.1) is 11.8 Å². The van der Waals surface area contributed by atoms with Crippen LogP contribution >= 0.6 is 11.8 Å². The highest BCUT2D eigenvalue weighted by Gasteiger charge is 2.31. The third kappa shape index (κ3) is 8.40. The number of allylic oxidation sites excluding steroid dienone is 1. The smallest absolute Gasteiger partial charge is 0.412 e.